The van der Waals surface area contributed by atoms with Gasteiger partial charge in [0.15, 0.2) is 0 Å². The van der Waals surface area contributed by atoms with Gasteiger partial charge in [-0.05, 0) is 24.3 Å². The van der Waals surface area contributed by atoms with Crippen LogP contribution in [0.25, 0.3) is 16.8 Å². The number of rotatable bonds is 9. The molecule has 2 aliphatic rings. The molecule has 3 nitrogen and oxygen atoms in total. The van der Waals surface area contributed by atoms with Crippen molar-refractivity contribution in [1.29, 1.82) is 0 Å². The summed E-state index contributed by atoms with van der Waals surface area (Å²) in [6, 6.07) is 0. The van der Waals surface area contributed by atoms with Gasteiger partial charge in [0, 0.05) is 0 Å². The number of allylic oxidation sites excluding steroid dienone is 2. The van der Waals surface area contributed by atoms with E-state index in [2.05, 4.69) is 40.6 Å². The fraction of sp³-hybridized carbons (Fsp3) is 0.750. The molecule has 2 rings (SSSR count). The Labute approximate surface area is 182 Å². The van der Waals surface area contributed by atoms with Crippen molar-refractivity contribution < 1.29 is 44.8 Å². The Kier molecular flexibility index (Phi) is 21.0. The van der Waals surface area contributed by atoms with Gasteiger partial charge in [0.1, 0.15) is 0 Å². The van der Waals surface area contributed by atoms with Gasteiger partial charge in [0.2, 0.25) is 0 Å². The maximum absolute atomic E-state index is 4.67. The number of hydrogen-bond donors (Lipinski definition) is 0. The molecular weight excluding hydrogens is 514 g/mol. The largest absolute Gasteiger partial charge is 1.00 e. The Balaban J connectivity index is 0. The van der Waals surface area contributed by atoms with Gasteiger partial charge in [0.25, 0.3) is 0 Å². The molecule has 0 aromatic rings. The molecule has 23 heavy (non-hydrogen) atoms. The van der Waals surface area contributed by atoms with Crippen LogP contribution in [-0.2, 0) is 44.8 Å². The molecule has 0 amide bonds. The topological polar surface area (TPSA) is 61.7 Å². The number of nitrogens with zero attached hydrogens (tertiary/aromatic N) is 2. The summed E-state index contributed by atoms with van der Waals surface area (Å²) in [5.41, 5.74) is 0. The number of unbranched alkanes of at least 4 members (excludes halogenated alkanes) is 3. The first kappa shape index (κ1) is 26.6. The zero-order valence-electron chi connectivity index (χ0n) is 13.5. The van der Waals surface area contributed by atoms with Crippen LogP contribution < -0.4 is 0 Å². The van der Waals surface area contributed by atoms with Crippen molar-refractivity contribution in [3.8, 4) is 0 Å². The van der Waals surface area contributed by atoms with Crippen LogP contribution >= 0.6 is 23.5 Å². The smallest absolute Gasteiger partial charge is 0.693 e. The number of nitrogens with two attached hydrogens (primary N) is 1. The van der Waals surface area contributed by atoms with Crippen molar-refractivity contribution in [2.24, 2.45) is 0 Å². The van der Waals surface area contributed by atoms with Crippen molar-refractivity contribution >= 4 is 23.5 Å². The third-order valence-electron chi connectivity index (χ3n) is 3.52. The summed E-state index contributed by atoms with van der Waals surface area (Å²) < 4.78 is 0. The fourth-order valence-electron chi connectivity index (χ4n) is 2.35. The molecule has 2 aliphatic heterocycles. The second kappa shape index (κ2) is 18.2. The van der Waals surface area contributed by atoms with E-state index in [0.717, 1.165) is 13.1 Å². The van der Waals surface area contributed by atoms with Crippen LogP contribution in [0.5, 0.6) is 0 Å². The first-order chi connectivity index (χ1) is 9.95. The standard InChI is InChI=1S/C16H26N2S2.2Ag.H2N/c1(7-13-19-15-9-3-5-11-17-15)2-8-14-20-16-10-4-6-12-18-16;;;/h3,5,9,16H,1-2,4,6-8,10-14H2;;;1H2/q-2;2*+1;-1. The van der Waals surface area contributed by atoms with Gasteiger partial charge in [-0.15, -0.1) is 24.2 Å². The summed E-state index contributed by atoms with van der Waals surface area (Å²) in [7, 11) is 0. The minimum atomic E-state index is 0. The molecule has 0 radical (unpaired) electrons. The predicted molar refractivity (Wildman–Crippen MR) is 100.0 cm³/mol. The van der Waals surface area contributed by atoms with Crippen LogP contribution in [0.2, 0.25) is 0 Å². The molecule has 1 fully saturated rings. The maximum atomic E-state index is 4.67. The van der Waals surface area contributed by atoms with Crippen LogP contribution in [0.4, 0.5) is 0 Å². The van der Waals surface area contributed by atoms with Gasteiger partial charge in [-0.25, -0.2) is 0 Å². The van der Waals surface area contributed by atoms with E-state index in [9.17, 15) is 0 Å². The van der Waals surface area contributed by atoms with Crippen molar-refractivity contribution in [3.63, 3.8) is 0 Å². The molecule has 142 valence electrons. The van der Waals surface area contributed by atoms with E-state index in [0.29, 0.717) is 5.37 Å². The van der Waals surface area contributed by atoms with Crippen molar-refractivity contribution in [3.05, 3.63) is 40.0 Å². The number of thioether (sulfide) groups is 2. The quantitative estimate of drug-likeness (QED) is 0.250. The molecule has 0 bridgehead atoms. The van der Waals surface area contributed by atoms with Crippen LogP contribution in [0.3, 0.4) is 0 Å². The summed E-state index contributed by atoms with van der Waals surface area (Å²) in [4.78, 5) is 0. The monoisotopic (exact) mass is 540 g/mol. The molecule has 0 spiro atoms. The summed E-state index contributed by atoms with van der Waals surface area (Å²) in [5.74, 6) is 2.51. The maximum Gasteiger partial charge on any atom is 1.00 e. The van der Waals surface area contributed by atoms with E-state index < -0.39 is 0 Å². The molecule has 7 heteroatoms. The molecule has 1 unspecified atom stereocenters. The minimum Gasteiger partial charge on any atom is -0.693 e. The van der Waals surface area contributed by atoms with Gasteiger partial charge in [-0.1, -0.05) is 49.6 Å². The normalized spacial score (nSPS) is 19.5. The molecule has 0 aromatic carbocycles. The van der Waals surface area contributed by atoms with Crippen molar-refractivity contribution in [2.75, 3.05) is 24.6 Å². The molecule has 0 aliphatic carbocycles. The number of hydrogen-bond acceptors (Lipinski definition) is 2. The van der Waals surface area contributed by atoms with Gasteiger partial charge in [-0.2, -0.15) is 23.5 Å². The predicted octanol–water partition coefficient (Wildman–Crippen LogP) is 6.39. The number of piperidine rings is 1. The zero-order valence-corrected chi connectivity index (χ0v) is 18.1. The van der Waals surface area contributed by atoms with Crippen LogP contribution in [0.1, 0.15) is 44.9 Å². The Morgan fingerprint density at radius 1 is 1.04 bits per heavy atom. The summed E-state index contributed by atoms with van der Waals surface area (Å²) in [6.07, 6.45) is 15.8. The first-order valence-corrected chi connectivity index (χ1v) is 9.94. The molecule has 2 N–H and O–H groups in total. The molecule has 1 saturated heterocycles. The van der Waals surface area contributed by atoms with E-state index in [1.165, 1.54) is 61.5 Å². The van der Waals surface area contributed by atoms with E-state index >= 15 is 0 Å². The van der Waals surface area contributed by atoms with E-state index in [1.54, 1.807) is 0 Å². The minimum absolute atomic E-state index is 0. The first-order valence-electron chi connectivity index (χ1n) is 7.90. The molecule has 0 saturated carbocycles. The summed E-state index contributed by atoms with van der Waals surface area (Å²) >= 11 is 3.99. The average molecular weight is 542 g/mol. The second-order valence-corrected chi connectivity index (χ2v) is 7.66. The van der Waals surface area contributed by atoms with Crippen LogP contribution in [0, 0.1) is 0 Å². The molecular formula is C16H28Ag2N3S2-. The molecule has 1 atom stereocenters. The third kappa shape index (κ3) is 13.3. The van der Waals surface area contributed by atoms with Crippen LogP contribution in [0.15, 0.2) is 23.3 Å². The van der Waals surface area contributed by atoms with Crippen molar-refractivity contribution in [2.45, 2.75) is 50.3 Å². The Bertz CT molecular complexity index is 322. The average Bonchev–Trinajstić information content (AvgIpc) is 2.52. The van der Waals surface area contributed by atoms with E-state index in [1.807, 2.05) is 11.8 Å². The van der Waals surface area contributed by atoms with Gasteiger partial charge in [-0.3, -0.25) is 0 Å². The molecule has 0 aromatic heterocycles. The van der Waals surface area contributed by atoms with Crippen molar-refractivity contribution in [1.82, 2.24) is 0 Å². The van der Waals surface area contributed by atoms with Gasteiger partial charge >= 0.3 is 44.8 Å². The summed E-state index contributed by atoms with van der Waals surface area (Å²) in [6.45, 7) is 1.97. The second-order valence-electron chi connectivity index (χ2n) is 5.26. The molecule has 2 heterocycles. The van der Waals surface area contributed by atoms with Gasteiger partial charge in [0.05, 0.1) is 0 Å². The Morgan fingerprint density at radius 3 is 2.48 bits per heavy atom. The fourth-order valence-corrected chi connectivity index (χ4v) is 4.43. The Hall–Kier alpha value is 1.38. The SMILES string of the molecule is C1=CC[N-]C(SCCCCCCSC2CCCC[N-]2)=C1.[Ag+].[Ag+].[NH2-]. The van der Waals surface area contributed by atoms with E-state index in [4.69, 9.17) is 0 Å². The van der Waals surface area contributed by atoms with Gasteiger partial charge < -0.3 is 16.8 Å². The van der Waals surface area contributed by atoms with Crippen LogP contribution in [-0.4, -0.2) is 30.0 Å². The van der Waals surface area contributed by atoms with E-state index in [-0.39, 0.29) is 50.9 Å². The summed E-state index contributed by atoms with van der Waals surface area (Å²) in [5, 5.41) is 10.9. The zero-order chi connectivity index (χ0) is 13.9. The third-order valence-corrected chi connectivity index (χ3v) is 5.87. The Morgan fingerprint density at radius 2 is 1.83 bits per heavy atom.